The van der Waals surface area contributed by atoms with E-state index >= 15 is 0 Å². The van der Waals surface area contributed by atoms with Crippen molar-refractivity contribution in [2.75, 3.05) is 6.54 Å². The molecule has 0 radical (unpaired) electrons. The van der Waals surface area contributed by atoms with Crippen LogP contribution in [0.2, 0.25) is 0 Å². The lowest BCUT2D eigenvalue weighted by Crippen LogP contribution is -2.20. The quantitative estimate of drug-likeness (QED) is 0.592. The number of amides is 1. The molecule has 15 heavy (non-hydrogen) atoms. The maximum Gasteiger partial charge on any atom is 0.244 e. The molecule has 1 rings (SSSR count). The number of rotatable bonds is 4. The maximum atomic E-state index is 12.5. The van der Waals surface area contributed by atoms with Gasteiger partial charge in [0.1, 0.15) is 5.82 Å². The summed E-state index contributed by atoms with van der Waals surface area (Å²) in [6.45, 7) is 3.92. The first-order valence-corrected chi connectivity index (χ1v) is 4.55. The van der Waals surface area contributed by atoms with E-state index in [1.807, 2.05) is 0 Å². The molecule has 0 aromatic heterocycles. The van der Waals surface area contributed by atoms with Gasteiger partial charge in [-0.05, 0) is 23.8 Å². The summed E-state index contributed by atoms with van der Waals surface area (Å²) in [6, 6.07) is 5.90. The summed E-state index contributed by atoms with van der Waals surface area (Å²) in [6.07, 6.45) is 4.62. The molecule has 0 heterocycles. The first kappa shape index (κ1) is 11.2. The van der Waals surface area contributed by atoms with Crippen LogP contribution in [0.4, 0.5) is 4.39 Å². The van der Waals surface area contributed by atoms with Crippen LogP contribution in [0.5, 0.6) is 0 Å². The topological polar surface area (TPSA) is 29.1 Å². The van der Waals surface area contributed by atoms with Gasteiger partial charge in [0, 0.05) is 12.6 Å². The highest BCUT2D eigenvalue weighted by Crippen LogP contribution is 2.04. The van der Waals surface area contributed by atoms with Crippen LogP contribution in [0.3, 0.4) is 0 Å². The van der Waals surface area contributed by atoms with Gasteiger partial charge in [-0.1, -0.05) is 18.2 Å². The molecule has 0 aliphatic carbocycles. The third-order valence-corrected chi connectivity index (χ3v) is 1.72. The average molecular weight is 205 g/mol. The van der Waals surface area contributed by atoms with Gasteiger partial charge in [0.05, 0.1) is 0 Å². The smallest absolute Gasteiger partial charge is 0.244 e. The van der Waals surface area contributed by atoms with Gasteiger partial charge in [-0.25, -0.2) is 4.39 Å². The van der Waals surface area contributed by atoms with Crippen molar-refractivity contribution in [1.29, 1.82) is 0 Å². The Bertz CT molecular complexity index is 368. The van der Waals surface area contributed by atoms with Gasteiger partial charge in [0.2, 0.25) is 5.91 Å². The minimum absolute atomic E-state index is 0.195. The lowest BCUT2D eigenvalue weighted by atomic mass is 10.2. The number of nitrogens with one attached hydrogen (secondary N) is 1. The van der Waals surface area contributed by atoms with Crippen molar-refractivity contribution in [1.82, 2.24) is 5.32 Å². The largest absolute Gasteiger partial charge is 0.349 e. The number of carbonyl (C=O) groups excluding carboxylic acids is 1. The fourth-order valence-electron chi connectivity index (χ4n) is 0.977. The standard InChI is InChI=1S/C12H12FNO/c1-2-9-14-12(15)8-5-10-3-6-11(13)7-4-10/h2-8H,1,9H2,(H,14,15). The Labute approximate surface area is 88.1 Å². The first-order valence-electron chi connectivity index (χ1n) is 4.55. The lowest BCUT2D eigenvalue weighted by molar-refractivity contribution is -0.116. The minimum Gasteiger partial charge on any atom is -0.349 e. The molecule has 3 heteroatoms. The fraction of sp³-hybridized carbons (Fsp3) is 0.0833. The van der Waals surface area contributed by atoms with E-state index in [1.165, 1.54) is 18.2 Å². The Morgan fingerprint density at radius 2 is 2.07 bits per heavy atom. The predicted molar refractivity (Wildman–Crippen MR) is 58.6 cm³/mol. The second kappa shape index (κ2) is 5.75. The number of benzene rings is 1. The highest BCUT2D eigenvalue weighted by molar-refractivity contribution is 5.91. The molecule has 0 bridgehead atoms. The van der Waals surface area contributed by atoms with Gasteiger partial charge < -0.3 is 5.32 Å². The Balaban J connectivity index is 2.53. The summed E-state index contributed by atoms with van der Waals surface area (Å²) in [5.74, 6) is -0.484. The molecule has 1 N–H and O–H groups in total. The van der Waals surface area contributed by atoms with Crippen LogP contribution in [0.25, 0.3) is 6.08 Å². The van der Waals surface area contributed by atoms with E-state index in [1.54, 1.807) is 24.3 Å². The zero-order valence-corrected chi connectivity index (χ0v) is 8.24. The average Bonchev–Trinajstić information content (AvgIpc) is 2.25. The van der Waals surface area contributed by atoms with Crippen LogP contribution >= 0.6 is 0 Å². The number of halogens is 1. The van der Waals surface area contributed by atoms with Crippen molar-refractivity contribution >= 4 is 12.0 Å². The van der Waals surface area contributed by atoms with Gasteiger partial charge in [-0.15, -0.1) is 6.58 Å². The van der Waals surface area contributed by atoms with Gasteiger partial charge >= 0.3 is 0 Å². The number of hydrogen-bond acceptors (Lipinski definition) is 1. The summed E-state index contributed by atoms with van der Waals surface area (Å²) in [5, 5.41) is 2.60. The number of hydrogen-bond donors (Lipinski definition) is 1. The van der Waals surface area contributed by atoms with Crippen LogP contribution in [-0.2, 0) is 4.79 Å². The SMILES string of the molecule is C=CCNC(=O)C=Cc1ccc(F)cc1. The predicted octanol–water partition coefficient (Wildman–Crippen LogP) is 2.14. The van der Waals surface area contributed by atoms with Crippen LogP contribution in [0, 0.1) is 5.82 Å². The van der Waals surface area contributed by atoms with E-state index in [0.29, 0.717) is 6.54 Å². The Morgan fingerprint density at radius 1 is 1.40 bits per heavy atom. The summed E-state index contributed by atoms with van der Waals surface area (Å²) in [4.78, 5) is 11.1. The van der Waals surface area contributed by atoms with Gasteiger partial charge in [-0.2, -0.15) is 0 Å². The minimum atomic E-state index is -0.289. The number of carbonyl (C=O) groups is 1. The second-order valence-electron chi connectivity index (χ2n) is 2.92. The van der Waals surface area contributed by atoms with Crippen LogP contribution in [-0.4, -0.2) is 12.5 Å². The molecule has 0 spiro atoms. The molecule has 0 unspecified atom stereocenters. The summed E-state index contributed by atoms with van der Waals surface area (Å²) < 4.78 is 12.5. The van der Waals surface area contributed by atoms with Crippen molar-refractivity contribution in [3.63, 3.8) is 0 Å². The van der Waals surface area contributed by atoms with Gasteiger partial charge in [0.25, 0.3) is 0 Å². The highest BCUT2D eigenvalue weighted by Gasteiger charge is 1.92. The van der Waals surface area contributed by atoms with Crippen LogP contribution in [0.1, 0.15) is 5.56 Å². The highest BCUT2D eigenvalue weighted by atomic mass is 19.1. The fourth-order valence-corrected chi connectivity index (χ4v) is 0.977. The molecular formula is C12H12FNO. The maximum absolute atomic E-state index is 12.5. The van der Waals surface area contributed by atoms with E-state index in [4.69, 9.17) is 0 Å². The van der Waals surface area contributed by atoms with Crippen molar-refractivity contribution in [2.24, 2.45) is 0 Å². The normalized spacial score (nSPS) is 10.2. The molecule has 2 nitrogen and oxygen atoms in total. The third kappa shape index (κ3) is 4.22. The van der Waals surface area contributed by atoms with Crippen molar-refractivity contribution in [2.45, 2.75) is 0 Å². The summed E-state index contributed by atoms with van der Waals surface area (Å²) in [5.41, 5.74) is 0.783. The molecule has 1 aromatic rings. The zero-order chi connectivity index (χ0) is 11.1. The van der Waals surface area contributed by atoms with Crippen molar-refractivity contribution < 1.29 is 9.18 Å². The zero-order valence-electron chi connectivity index (χ0n) is 8.24. The van der Waals surface area contributed by atoms with E-state index in [2.05, 4.69) is 11.9 Å². The van der Waals surface area contributed by atoms with Crippen molar-refractivity contribution in [3.05, 3.63) is 54.4 Å². The molecule has 78 valence electrons. The monoisotopic (exact) mass is 205 g/mol. The van der Waals surface area contributed by atoms with E-state index < -0.39 is 0 Å². The van der Waals surface area contributed by atoms with E-state index in [9.17, 15) is 9.18 Å². The molecule has 0 saturated carbocycles. The van der Waals surface area contributed by atoms with Gasteiger partial charge in [0.15, 0.2) is 0 Å². The molecule has 0 atom stereocenters. The van der Waals surface area contributed by atoms with Crippen molar-refractivity contribution in [3.8, 4) is 0 Å². The van der Waals surface area contributed by atoms with E-state index in [0.717, 1.165) is 5.56 Å². The lowest BCUT2D eigenvalue weighted by Gasteiger charge is -1.95. The van der Waals surface area contributed by atoms with E-state index in [-0.39, 0.29) is 11.7 Å². The Morgan fingerprint density at radius 3 is 2.67 bits per heavy atom. The van der Waals surface area contributed by atoms with Crippen LogP contribution < -0.4 is 5.32 Å². The molecule has 0 saturated heterocycles. The Kier molecular flexibility index (Phi) is 4.29. The summed E-state index contributed by atoms with van der Waals surface area (Å²) >= 11 is 0. The molecule has 0 aliphatic heterocycles. The van der Waals surface area contributed by atoms with Gasteiger partial charge in [-0.3, -0.25) is 4.79 Å². The molecule has 1 amide bonds. The first-order chi connectivity index (χ1) is 7.22. The second-order valence-corrected chi connectivity index (χ2v) is 2.92. The molecule has 0 fully saturated rings. The molecular weight excluding hydrogens is 193 g/mol. The Hall–Kier alpha value is -1.90. The molecule has 1 aromatic carbocycles. The van der Waals surface area contributed by atoms with Crippen LogP contribution in [0.15, 0.2) is 43.0 Å². The molecule has 0 aliphatic rings. The third-order valence-electron chi connectivity index (χ3n) is 1.72. The summed E-state index contributed by atoms with van der Waals surface area (Å²) in [7, 11) is 0.